The number of hydrogen-bond donors (Lipinski definition) is 0. The van der Waals surface area contributed by atoms with Crippen LogP contribution < -0.4 is 0 Å². The lowest BCUT2D eigenvalue weighted by molar-refractivity contribution is 0.0701. The highest BCUT2D eigenvalue weighted by Gasteiger charge is 2.32. The first-order chi connectivity index (χ1) is 9.70. The summed E-state index contributed by atoms with van der Waals surface area (Å²) in [5, 5.41) is 0.395. The minimum atomic E-state index is -0.123. The average molecular weight is 309 g/mol. The van der Waals surface area contributed by atoms with Gasteiger partial charge < -0.3 is 4.90 Å². The molecular weight excluding hydrogens is 284 g/mol. The Morgan fingerprint density at radius 1 is 1.38 bits per heavy atom. The van der Waals surface area contributed by atoms with E-state index in [-0.39, 0.29) is 11.3 Å². The Labute approximate surface area is 132 Å². The van der Waals surface area contributed by atoms with Crippen LogP contribution in [0.3, 0.4) is 0 Å². The Kier molecular flexibility index (Phi) is 4.62. The molecule has 1 amide bonds. The van der Waals surface area contributed by atoms with E-state index in [9.17, 15) is 4.79 Å². The Bertz CT molecular complexity index is 534. The van der Waals surface area contributed by atoms with Crippen LogP contribution in [0, 0.1) is 5.92 Å². The van der Waals surface area contributed by atoms with E-state index in [1.165, 1.54) is 0 Å². The summed E-state index contributed by atoms with van der Waals surface area (Å²) in [6.45, 7) is 11.4. The maximum atomic E-state index is 12.8. The minimum Gasteiger partial charge on any atom is -0.335 e. The molecule has 1 aromatic heterocycles. The van der Waals surface area contributed by atoms with E-state index in [4.69, 9.17) is 11.6 Å². The topological polar surface area (TPSA) is 33.2 Å². The summed E-state index contributed by atoms with van der Waals surface area (Å²) in [7, 11) is 0. The van der Waals surface area contributed by atoms with Crippen molar-refractivity contribution in [1.82, 2.24) is 9.88 Å². The largest absolute Gasteiger partial charge is 0.335 e. The first-order valence-electron chi connectivity index (χ1n) is 7.69. The molecule has 1 atom stereocenters. The van der Waals surface area contributed by atoms with E-state index >= 15 is 0 Å². The van der Waals surface area contributed by atoms with Gasteiger partial charge in [-0.2, -0.15) is 0 Å². The van der Waals surface area contributed by atoms with Crippen LogP contribution in [0.25, 0.3) is 0 Å². The molecule has 0 aromatic carbocycles. The highest BCUT2D eigenvalue weighted by molar-refractivity contribution is 6.29. The highest BCUT2D eigenvalue weighted by Crippen LogP contribution is 2.28. The maximum Gasteiger partial charge on any atom is 0.254 e. The van der Waals surface area contributed by atoms with Crippen molar-refractivity contribution in [1.29, 1.82) is 0 Å². The van der Waals surface area contributed by atoms with Gasteiger partial charge >= 0.3 is 0 Å². The van der Waals surface area contributed by atoms with Crippen molar-refractivity contribution < 1.29 is 4.79 Å². The molecule has 1 unspecified atom stereocenters. The van der Waals surface area contributed by atoms with E-state index in [0.717, 1.165) is 25.1 Å². The van der Waals surface area contributed by atoms with Crippen LogP contribution >= 0.6 is 11.6 Å². The number of carbonyl (C=O) groups is 1. The third-order valence-corrected chi connectivity index (χ3v) is 4.33. The number of halogens is 1. The van der Waals surface area contributed by atoms with Crippen molar-refractivity contribution in [2.24, 2.45) is 5.92 Å². The summed E-state index contributed by atoms with van der Waals surface area (Å²) in [4.78, 5) is 19.2. The Balaban J connectivity index is 2.33. The molecule has 0 saturated carbocycles. The fraction of sp³-hybridized carbons (Fsp3) is 0.647. The van der Waals surface area contributed by atoms with Gasteiger partial charge in [0, 0.05) is 29.3 Å². The van der Waals surface area contributed by atoms with Crippen LogP contribution in [0.4, 0.5) is 0 Å². The number of rotatable bonds is 2. The van der Waals surface area contributed by atoms with Crippen LogP contribution in [0.2, 0.25) is 5.15 Å². The molecule has 0 bridgehead atoms. The number of nitrogens with zero attached hydrogens (tertiary/aromatic N) is 2. The first-order valence-corrected chi connectivity index (χ1v) is 8.07. The van der Waals surface area contributed by atoms with Crippen LogP contribution in [-0.4, -0.2) is 28.4 Å². The van der Waals surface area contributed by atoms with Gasteiger partial charge in [0.05, 0.1) is 0 Å². The molecule has 1 aliphatic heterocycles. The van der Waals surface area contributed by atoms with Crippen LogP contribution in [-0.2, 0) is 5.41 Å². The van der Waals surface area contributed by atoms with Gasteiger partial charge in [-0.15, -0.1) is 0 Å². The van der Waals surface area contributed by atoms with Crippen LogP contribution in [0.5, 0.6) is 0 Å². The Morgan fingerprint density at radius 3 is 2.62 bits per heavy atom. The third kappa shape index (κ3) is 3.57. The van der Waals surface area contributed by atoms with Gasteiger partial charge in [-0.3, -0.25) is 4.79 Å². The normalized spacial score (nSPS) is 19.4. The number of carbonyl (C=O) groups excluding carboxylic acids is 1. The maximum absolute atomic E-state index is 12.8. The summed E-state index contributed by atoms with van der Waals surface area (Å²) in [5.41, 5.74) is 1.40. The van der Waals surface area contributed by atoms with E-state index in [2.05, 4.69) is 39.6 Å². The zero-order valence-electron chi connectivity index (χ0n) is 13.6. The van der Waals surface area contributed by atoms with E-state index in [0.29, 0.717) is 22.7 Å². The average Bonchev–Trinajstić information content (AvgIpc) is 2.85. The van der Waals surface area contributed by atoms with Crippen molar-refractivity contribution in [3.63, 3.8) is 0 Å². The lowest BCUT2D eigenvalue weighted by Gasteiger charge is -2.28. The van der Waals surface area contributed by atoms with Crippen LogP contribution in [0.15, 0.2) is 12.1 Å². The molecule has 1 fully saturated rings. The molecule has 21 heavy (non-hydrogen) atoms. The second-order valence-electron chi connectivity index (χ2n) is 7.27. The molecule has 1 aromatic rings. The van der Waals surface area contributed by atoms with Gasteiger partial charge in [0.2, 0.25) is 0 Å². The number of aromatic nitrogens is 1. The van der Waals surface area contributed by atoms with Crippen molar-refractivity contribution in [2.75, 3.05) is 6.54 Å². The molecule has 0 aliphatic carbocycles. The van der Waals surface area contributed by atoms with Crippen LogP contribution in [0.1, 0.15) is 63.5 Å². The molecule has 1 saturated heterocycles. The van der Waals surface area contributed by atoms with E-state index < -0.39 is 0 Å². The number of pyridine rings is 1. The smallest absolute Gasteiger partial charge is 0.254 e. The minimum absolute atomic E-state index is 0.0843. The van der Waals surface area contributed by atoms with Gasteiger partial charge in [0.25, 0.3) is 5.91 Å². The van der Waals surface area contributed by atoms with E-state index in [1.54, 1.807) is 6.07 Å². The molecule has 0 spiro atoms. The number of likely N-dealkylation sites (tertiary alicyclic amines) is 1. The summed E-state index contributed by atoms with van der Waals surface area (Å²) in [6, 6.07) is 3.92. The van der Waals surface area contributed by atoms with Gasteiger partial charge in [0.15, 0.2) is 0 Å². The number of amides is 1. The highest BCUT2D eigenvalue weighted by atomic mass is 35.5. The fourth-order valence-corrected chi connectivity index (χ4v) is 3.12. The molecule has 116 valence electrons. The molecule has 1 aliphatic rings. The van der Waals surface area contributed by atoms with Crippen molar-refractivity contribution >= 4 is 17.5 Å². The molecule has 4 heteroatoms. The Morgan fingerprint density at radius 2 is 2.05 bits per heavy atom. The summed E-state index contributed by atoms with van der Waals surface area (Å²) >= 11 is 6.12. The summed E-state index contributed by atoms with van der Waals surface area (Å²) < 4.78 is 0. The lowest BCUT2D eigenvalue weighted by Crippen LogP contribution is -2.38. The molecule has 3 nitrogen and oxygen atoms in total. The standard InChI is InChI=1S/C17H25ClN2O/c1-11(2)13-7-6-8-20(13)16(21)12-9-14(17(3,4)5)19-15(18)10-12/h9-11,13H,6-8H2,1-5H3. The predicted octanol–water partition coefficient (Wildman–Crippen LogP) is 4.29. The zero-order valence-corrected chi connectivity index (χ0v) is 14.4. The van der Waals surface area contributed by atoms with E-state index in [1.807, 2.05) is 11.0 Å². The molecular formula is C17H25ClN2O. The summed E-state index contributed by atoms with van der Waals surface area (Å²) in [5.74, 6) is 0.567. The zero-order chi connectivity index (χ0) is 15.8. The molecule has 0 radical (unpaired) electrons. The fourth-order valence-electron chi connectivity index (χ4n) is 2.91. The quantitative estimate of drug-likeness (QED) is 0.763. The van der Waals surface area contributed by atoms with Crippen molar-refractivity contribution in [2.45, 2.75) is 58.9 Å². The number of hydrogen-bond acceptors (Lipinski definition) is 2. The van der Waals surface area contributed by atoms with Gasteiger partial charge in [-0.25, -0.2) is 4.98 Å². The summed E-state index contributed by atoms with van der Waals surface area (Å²) in [6.07, 6.45) is 2.17. The molecule has 0 N–H and O–H groups in total. The van der Waals surface area contributed by atoms with Gasteiger partial charge in [0.1, 0.15) is 5.15 Å². The SMILES string of the molecule is CC(C)C1CCCN1C(=O)c1cc(Cl)nc(C(C)(C)C)c1. The third-order valence-electron chi connectivity index (χ3n) is 4.14. The van der Waals surface area contributed by atoms with Crippen molar-refractivity contribution in [3.05, 3.63) is 28.5 Å². The molecule has 2 rings (SSSR count). The van der Waals surface area contributed by atoms with Gasteiger partial charge in [-0.1, -0.05) is 46.2 Å². The van der Waals surface area contributed by atoms with Gasteiger partial charge in [-0.05, 0) is 30.9 Å². The molecule has 2 heterocycles. The van der Waals surface area contributed by atoms with Crippen molar-refractivity contribution in [3.8, 4) is 0 Å². The second-order valence-corrected chi connectivity index (χ2v) is 7.65. The predicted molar refractivity (Wildman–Crippen MR) is 86.8 cm³/mol. The Hall–Kier alpha value is -1.09. The second kappa shape index (κ2) is 5.96. The first kappa shape index (κ1) is 16.3. The lowest BCUT2D eigenvalue weighted by atomic mass is 9.90. The monoisotopic (exact) mass is 308 g/mol.